The summed E-state index contributed by atoms with van der Waals surface area (Å²) in [5.74, 6) is 0. The molecule has 0 aliphatic heterocycles. The van der Waals surface area contributed by atoms with E-state index in [0.717, 1.165) is 8.25 Å². The topological polar surface area (TPSA) is 165 Å². The molecule has 28 heteroatoms. The van der Waals surface area contributed by atoms with Crippen molar-refractivity contribution in [1.29, 1.82) is 0 Å². The smallest absolute Gasteiger partial charge is 0.421 e. The Morgan fingerprint density at radius 3 is 0.660 bits per heavy atom. The maximum Gasteiger partial charge on any atom is 2.00 e. The summed E-state index contributed by atoms with van der Waals surface area (Å²) >= 11 is 0. The second-order valence-electron chi connectivity index (χ2n) is 8.17. The standard InChI is InChI=1S/C18H15P.2C2F6NO4S2.Au/c1-4-10-16(11-5-1)19(17-12-6-2-7-13-17)18-14-8-3-9-15-18;2*3-1(4,5)14(10,11)9-15(12,13)2(6,7)8;/h1-15H;;;/q;2*-1;+2. The molecule has 0 heterocycles. The Labute approximate surface area is 292 Å². The summed E-state index contributed by atoms with van der Waals surface area (Å²) in [5.41, 5.74) is -24.8. The van der Waals surface area contributed by atoms with E-state index >= 15 is 0 Å². The van der Waals surface area contributed by atoms with Gasteiger partial charge in [-0.05, 0) is 23.8 Å². The van der Waals surface area contributed by atoms with E-state index in [4.69, 9.17) is 0 Å². The molecule has 0 saturated heterocycles. The van der Waals surface area contributed by atoms with Crippen LogP contribution in [0.4, 0.5) is 52.7 Å². The summed E-state index contributed by atoms with van der Waals surface area (Å²) in [6, 6.07) is 32.3. The zero-order chi connectivity index (χ0) is 38.3. The molecule has 0 amide bonds. The Morgan fingerprint density at radius 1 is 0.360 bits per heavy atom. The average Bonchev–Trinajstić information content (AvgIpc) is 2.92. The van der Waals surface area contributed by atoms with Crippen molar-refractivity contribution in [1.82, 2.24) is 0 Å². The Kier molecular flexibility index (Phi) is 16.7. The van der Waals surface area contributed by atoms with Crippen LogP contribution in [0.1, 0.15) is 0 Å². The molecule has 0 unspecified atom stereocenters. The minimum atomic E-state index is -6.72. The number of alkyl halides is 12. The maximum absolute atomic E-state index is 11.4. The molecular weight excluding hydrogens is 1000 g/mol. The largest absolute Gasteiger partial charge is 2.00 e. The molecule has 0 aromatic heterocycles. The molecule has 0 fully saturated rings. The van der Waals surface area contributed by atoms with E-state index in [-0.39, 0.29) is 22.4 Å². The average molecular weight is 1020 g/mol. The molecule has 0 aliphatic carbocycles. The third-order valence-corrected chi connectivity index (χ3v) is 12.5. The fourth-order valence-corrected chi connectivity index (χ4v) is 8.33. The van der Waals surface area contributed by atoms with Crippen LogP contribution in [0.2, 0.25) is 0 Å². The Bertz CT molecular complexity index is 1700. The summed E-state index contributed by atoms with van der Waals surface area (Å²) < 4.78 is 218. The van der Waals surface area contributed by atoms with Crippen molar-refractivity contribution < 1.29 is 109 Å². The van der Waals surface area contributed by atoms with Crippen molar-refractivity contribution in [3.63, 3.8) is 0 Å². The molecule has 3 aromatic rings. The molecule has 0 saturated carbocycles. The molecule has 1 radical (unpaired) electrons. The molecule has 3 aromatic carbocycles. The Balaban J connectivity index is 0.000000724. The van der Waals surface area contributed by atoms with E-state index in [2.05, 4.69) is 91.0 Å². The van der Waals surface area contributed by atoms with E-state index < -0.39 is 70.0 Å². The van der Waals surface area contributed by atoms with Gasteiger partial charge in [0, 0.05) is 0 Å². The quantitative estimate of drug-likeness (QED) is 0.169. The van der Waals surface area contributed by atoms with Crippen LogP contribution < -0.4 is 15.9 Å². The van der Waals surface area contributed by atoms with Crippen molar-refractivity contribution in [2.75, 3.05) is 0 Å². The molecule has 0 spiro atoms. The third kappa shape index (κ3) is 13.7. The van der Waals surface area contributed by atoms with Crippen LogP contribution in [0.15, 0.2) is 91.0 Å². The van der Waals surface area contributed by atoms with E-state index in [0.29, 0.717) is 0 Å². The number of nitrogens with zero attached hydrogens (tertiary/aromatic N) is 2. The predicted molar refractivity (Wildman–Crippen MR) is 152 cm³/mol. The van der Waals surface area contributed by atoms with Crippen LogP contribution in [0, 0.1) is 0 Å². The van der Waals surface area contributed by atoms with Gasteiger partial charge in [0.1, 0.15) is 0 Å². The van der Waals surface area contributed by atoms with E-state index in [1.807, 2.05) is 0 Å². The van der Waals surface area contributed by atoms with Gasteiger partial charge >= 0.3 is 44.4 Å². The first kappa shape index (κ1) is 47.7. The number of sulfonamides is 4. The molecular formula is C22H15AuF12N2O8PS4. The monoisotopic (exact) mass is 1020 g/mol. The minimum absolute atomic E-state index is 0. The van der Waals surface area contributed by atoms with Gasteiger partial charge in [-0.15, -0.1) is 0 Å². The van der Waals surface area contributed by atoms with Gasteiger partial charge in [0.05, 0.1) is 0 Å². The van der Waals surface area contributed by atoms with E-state index in [9.17, 15) is 86.4 Å². The fourth-order valence-electron chi connectivity index (χ4n) is 2.61. The van der Waals surface area contributed by atoms with E-state index in [1.165, 1.54) is 15.9 Å². The zero-order valence-corrected chi connectivity index (χ0v) is 29.6. The first-order chi connectivity index (χ1) is 21.9. The van der Waals surface area contributed by atoms with Crippen LogP contribution in [-0.4, -0.2) is 55.7 Å². The summed E-state index contributed by atoms with van der Waals surface area (Å²) in [7, 11) is -27.3. The van der Waals surface area contributed by atoms with Gasteiger partial charge in [0.2, 0.25) is 0 Å². The Hall–Kier alpha value is -2.29. The van der Waals surface area contributed by atoms with Gasteiger partial charge in [0.15, 0.2) is 40.1 Å². The van der Waals surface area contributed by atoms with Crippen molar-refractivity contribution >= 4 is 63.9 Å². The summed E-state index contributed by atoms with van der Waals surface area (Å²) in [4.78, 5) is 0. The molecule has 0 aliphatic rings. The van der Waals surface area contributed by atoms with E-state index in [1.54, 1.807) is 0 Å². The second-order valence-corrected chi connectivity index (χ2v) is 17.2. The summed E-state index contributed by atoms with van der Waals surface area (Å²) in [6.07, 6.45) is 0. The molecule has 285 valence electrons. The minimum Gasteiger partial charge on any atom is -0.421 e. The number of halogens is 12. The predicted octanol–water partition coefficient (Wildman–Crippen LogP) is 5.56. The molecule has 10 nitrogen and oxygen atoms in total. The van der Waals surface area contributed by atoms with Gasteiger partial charge in [-0.2, -0.15) is 52.7 Å². The van der Waals surface area contributed by atoms with Crippen LogP contribution in [0.3, 0.4) is 0 Å². The number of hydrogen-bond donors (Lipinski definition) is 0. The number of hydrogen-bond acceptors (Lipinski definition) is 8. The zero-order valence-electron chi connectivity index (χ0n) is 23.2. The van der Waals surface area contributed by atoms with Gasteiger partial charge in [-0.1, -0.05) is 91.0 Å². The van der Waals surface area contributed by atoms with Gasteiger partial charge in [0.25, 0.3) is 0 Å². The fraction of sp³-hybridized carbons (Fsp3) is 0.182. The summed E-state index contributed by atoms with van der Waals surface area (Å²) in [5, 5.41) is 4.19. The van der Waals surface area contributed by atoms with Crippen molar-refractivity contribution in [2.45, 2.75) is 22.0 Å². The first-order valence-electron chi connectivity index (χ1n) is 11.6. The van der Waals surface area contributed by atoms with Crippen molar-refractivity contribution in [2.24, 2.45) is 0 Å². The molecule has 0 N–H and O–H groups in total. The Morgan fingerprint density at radius 2 is 0.520 bits per heavy atom. The molecule has 50 heavy (non-hydrogen) atoms. The third-order valence-electron chi connectivity index (χ3n) is 4.61. The van der Waals surface area contributed by atoms with Crippen molar-refractivity contribution in [3.05, 3.63) is 99.3 Å². The van der Waals surface area contributed by atoms with Crippen LogP contribution in [0.25, 0.3) is 8.25 Å². The van der Waals surface area contributed by atoms with Gasteiger partial charge in [-0.25, -0.2) is 33.7 Å². The SMILES string of the molecule is O=S(=O)([N-]S(=O)(=O)C(F)(F)F)C(F)(F)F.O=S(=O)([N-]S(=O)(=O)C(F)(F)F)C(F)(F)F.[Au+2].c1ccc(P(c2ccccc2)c2ccccc2)cc1. The van der Waals surface area contributed by atoms with Crippen LogP contribution in [-0.2, 0) is 62.5 Å². The molecule has 3 rings (SSSR count). The molecule has 0 atom stereocenters. The maximum atomic E-state index is 11.4. The van der Waals surface area contributed by atoms with Gasteiger partial charge < -0.3 is 8.25 Å². The summed E-state index contributed by atoms with van der Waals surface area (Å²) in [6.45, 7) is 0. The second kappa shape index (κ2) is 17.5. The first-order valence-corrected chi connectivity index (χ1v) is 18.7. The van der Waals surface area contributed by atoms with Gasteiger partial charge in [-0.3, -0.25) is 0 Å². The van der Waals surface area contributed by atoms with Crippen LogP contribution >= 0.6 is 7.92 Å². The van der Waals surface area contributed by atoms with Crippen molar-refractivity contribution in [3.8, 4) is 0 Å². The molecule has 0 bridgehead atoms. The van der Waals surface area contributed by atoms with Crippen LogP contribution in [0.5, 0.6) is 0 Å². The number of benzene rings is 3. The number of rotatable bonds is 7. The normalized spacial score (nSPS) is 13.2.